The summed E-state index contributed by atoms with van der Waals surface area (Å²) < 4.78 is 43.5. The molecule has 27 heavy (non-hydrogen) atoms. The van der Waals surface area contributed by atoms with Gasteiger partial charge >= 0.3 is 18.1 Å². The molecule has 144 valence electrons. The Labute approximate surface area is 161 Å². The van der Waals surface area contributed by atoms with Gasteiger partial charge in [0, 0.05) is 0 Å². The van der Waals surface area contributed by atoms with Gasteiger partial charge < -0.3 is 15.2 Å². The number of amides is 1. The van der Waals surface area contributed by atoms with Gasteiger partial charge in [-0.2, -0.15) is 13.2 Å². The van der Waals surface area contributed by atoms with Crippen molar-refractivity contribution < 1.29 is 32.6 Å². The van der Waals surface area contributed by atoms with Crippen LogP contribution < -0.4 is 10.1 Å². The van der Waals surface area contributed by atoms with Gasteiger partial charge in [-0.25, -0.2) is 0 Å². The number of carboxylic acid groups (broad SMARTS) is 1. The van der Waals surface area contributed by atoms with Crippen molar-refractivity contribution in [2.24, 2.45) is 0 Å². The minimum Gasteiger partial charge on any atom is -0.488 e. The zero-order chi connectivity index (χ0) is 20.0. The highest BCUT2D eigenvalue weighted by Crippen LogP contribution is 2.30. The Morgan fingerprint density at radius 3 is 2.37 bits per heavy atom. The highest BCUT2D eigenvalue weighted by Gasteiger charge is 2.40. The SMILES string of the molecule is O=C(O)CC(NC(=O)C(F)(F)F)c1ccc(OCc2ccccc2)c(Br)c1. The molecule has 1 amide bonds. The minimum atomic E-state index is -5.10. The zero-order valence-corrected chi connectivity index (χ0v) is 15.4. The molecule has 0 aliphatic heterocycles. The van der Waals surface area contributed by atoms with Crippen LogP contribution in [-0.4, -0.2) is 23.2 Å². The number of nitrogens with one attached hydrogen (secondary N) is 1. The number of carboxylic acids is 1. The van der Waals surface area contributed by atoms with Crippen molar-refractivity contribution in [3.05, 3.63) is 64.1 Å². The molecule has 0 radical (unpaired) electrons. The van der Waals surface area contributed by atoms with Crippen molar-refractivity contribution in [3.63, 3.8) is 0 Å². The predicted octanol–water partition coefficient (Wildman–Crippen LogP) is 4.22. The Morgan fingerprint density at radius 2 is 1.81 bits per heavy atom. The van der Waals surface area contributed by atoms with Crippen molar-refractivity contribution in [1.29, 1.82) is 0 Å². The molecule has 2 rings (SSSR count). The van der Waals surface area contributed by atoms with Crippen molar-refractivity contribution >= 4 is 27.8 Å². The van der Waals surface area contributed by atoms with Crippen LogP contribution in [0.2, 0.25) is 0 Å². The van der Waals surface area contributed by atoms with Gasteiger partial charge in [-0.15, -0.1) is 0 Å². The van der Waals surface area contributed by atoms with Gasteiger partial charge in [-0.05, 0) is 39.2 Å². The maximum Gasteiger partial charge on any atom is 0.471 e. The van der Waals surface area contributed by atoms with Gasteiger partial charge in [0.1, 0.15) is 12.4 Å². The summed E-state index contributed by atoms with van der Waals surface area (Å²) in [6, 6.07) is 12.3. The average Bonchev–Trinajstić information content (AvgIpc) is 2.59. The van der Waals surface area contributed by atoms with E-state index in [1.807, 2.05) is 30.3 Å². The van der Waals surface area contributed by atoms with Crippen LogP contribution in [0.5, 0.6) is 5.75 Å². The number of hydrogen-bond donors (Lipinski definition) is 2. The van der Waals surface area contributed by atoms with Crippen molar-refractivity contribution in [2.45, 2.75) is 25.2 Å². The van der Waals surface area contributed by atoms with Gasteiger partial charge in [-0.1, -0.05) is 36.4 Å². The molecular weight excluding hydrogens is 431 g/mol. The van der Waals surface area contributed by atoms with Crippen molar-refractivity contribution in [1.82, 2.24) is 5.32 Å². The Kier molecular flexibility index (Phi) is 6.84. The molecule has 0 saturated carbocycles. The summed E-state index contributed by atoms with van der Waals surface area (Å²) in [7, 11) is 0. The molecule has 9 heteroatoms. The number of rotatable bonds is 7. The number of benzene rings is 2. The topological polar surface area (TPSA) is 75.6 Å². The van der Waals surface area contributed by atoms with Crippen LogP contribution >= 0.6 is 15.9 Å². The standard InChI is InChI=1S/C18H15BrF3NO4/c19-13-8-12(14(9-16(24)25)23-17(26)18(20,21)22)6-7-15(13)27-10-11-4-2-1-3-5-11/h1-8,14H,9-10H2,(H,23,26)(H,24,25). The fourth-order valence-corrected chi connectivity index (χ4v) is 2.76. The molecule has 0 aliphatic carbocycles. The Balaban J connectivity index is 2.15. The molecule has 5 nitrogen and oxygen atoms in total. The first kappa shape index (κ1) is 20.8. The number of ether oxygens (including phenoxy) is 1. The van der Waals surface area contributed by atoms with E-state index in [-0.39, 0.29) is 12.2 Å². The lowest BCUT2D eigenvalue weighted by atomic mass is 10.0. The Bertz CT molecular complexity index is 812. The van der Waals surface area contributed by atoms with E-state index in [2.05, 4.69) is 15.9 Å². The number of hydrogen-bond acceptors (Lipinski definition) is 3. The normalized spacial score (nSPS) is 12.3. The van der Waals surface area contributed by atoms with Crippen LogP contribution in [0, 0.1) is 0 Å². The number of halogens is 4. The van der Waals surface area contributed by atoms with Crippen LogP contribution in [-0.2, 0) is 16.2 Å². The summed E-state index contributed by atoms with van der Waals surface area (Å²) in [5.41, 5.74) is 1.13. The molecule has 0 bridgehead atoms. The maximum absolute atomic E-state index is 12.5. The second-order valence-electron chi connectivity index (χ2n) is 5.59. The molecular formula is C18H15BrF3NO4. The van der Waals surface area contributed by atoms with Gasteiger partial charge in [0.2, 0.25) is 0 Å². The van der Waals surface area contributed by atoms with Crippen LogP contribution in [0.3, 0.4) is 0 Å². The summed E-state index contributed by atoms with van der Waals surface area (Å²) in [5, 5.41) is 10.6. The van der Waals surface area contributed by atoms with Gasteiger partial charge in [0.25, 0.3) is 0 Å². The molecule has 2 aromatic rings. The van der Waals surface area contributed by atoms with E-state index in [1.165, 1.54) is 18.2 Å². The summed E-state index contributed by atoms with van der Waals surface area (Å²) in [6.45, 7) is 0.280. The summed E-state index contributed by atoms with van der Waals surface area (Å²) in [5.74, 6) is -3.11. The second kappa shape index (κ2) is 8.90. The fraction of sp³-hybridized carbons (Fsp3) is 0.222. The van der Waals surface area contributed by atoms with E-state index in [1.54, 1.807) is 5.32 Å². The Hall–Kier alpha value is -2.55. The van der Waals surface area contributed by atoms with E-state index in [0.717, 1.165) is 5.56 Å². The van der Waals surface area contributed by atoms with Gasteiger partial charge in [-0.3, -0.25) is 9.59 Å². The number of carbonyl (C=O) groups excluding carboxylic acids is 1. The largest absolute Gasteiger partial charge is 0.488 e. The molecule has 0 saturated heterocycles. The lowest BCUT2D eigenvalue weighted by Crippen LogP contribution is -2.39. The summed E-state index contributed by atoms with van der Waals surface area (Å²) >= 11 is 3.25. The molecule has 2 N–H and O–H groups in total. The average molecular weight is 446 g/mol. The van der Waals surface area contributed by atoms with Gasteiger partial charge in [0.15, 0.2) is 0 Å². The van der Waals surface area contributed by atoms with E-state index < -0.39 is 30.5 Å². The fourth-order valence-electron chi connectivity index (χ4n) is 2.25. The van der Waals surface area contributed by atoms with Crippen molar-refractivity contribution in [3.8, 4) is 5.75 Å². The van der Waals surface area contributed by atoms with Crippen LogP contribution in [0.25, 0.3) is 0 Å². The molecule has 0 heterocycles. The number of carbonyl (C=O) groups is 2. The van der Waals surface area contributed by atoms with Crippen LogP contribution in [0.4, 0.5) is 13.2 Å². The summed E-state index contributed by atoms with van der Waals surface area (Å²) in [6.07, 6.45) is -5.80. The minimum absolute atomic E-state index is 0.203. The Morgan fingerprint density at radius 1 is 1.15 bits per heavy atom. The molecule has 0 aliphatic rings. The van der Waals surface area contributed by atoms with Crippen molar-refractivity contribution in [2.75, 3.05) is 0 Å². The van der Waals surface area contributed by atoms with Crippen LogP contribution in [0.1, 0.15) is 23.6 Å². The highest BCUT2D eigenvalue weighted by molar-refractivity contribution is 9.10. The number of alkyl halides is 3. The third kappa shape index (κ3) is 6.28. The second-order valence-corrected chi connectivity index (χ2v) is 6.44. The molecule has 2 aromatic carbocycles. The monoisotopic (exact) mass is 445 g/mol. The first-order chi connectivity index (χ1) is 12.7. The van der Waals surface area contributed by atoms with E-state index >= 15 is 0 Å². The molecule has 0 aromatic heterocycles. The molecule has 0 fully saturated rings. The predicted molar refractivity (Wildman–Crippen MR) is 94.1 cm³/mol. The highest BCUT2D eigenvalue weighted by atomic mass is 79.9. The smallest absolute Gasteiger partial charge is 0.471 e. The van der Waals surface area contributed by atoms with E-state index in [4.69, 9.17) is 9.84 Å². The lowest BCUT2D eigenvalue weighted by molar-refractivity contribution is -0.174. The summed E-state index contributed by atoms with van der Waals surface area (Å²) in [4.78, 5) is 22.1. The zero-order valence-electron chi connectivity index (χ0n) is 13.8. The van der Waals surface area contributed by atoms with Crippen LogP contribution in [0.15, 0.2) is 53.0 Å². The van der Waals surface area contributed by atoms with Gasteiger partial charge in [0.05, 0.1) is 16.9 Å². The van der Waals surface area contributed by atoms with E-state index in [9.17, 15) is 22.8 Å². The number of aliphatic carboxylic acids is 1. The molecule has 1 unspecified atom stereocenters. The molecule has 0 spiro atoms. The maximum atomic E-state index is 12.5. The molecule has 1 atom stereocenters. The lowest BCUT2D eigenvalue weighted by Gasteiger charge is -2.19. The third-order valence-electron chi connectivity index (χ3n) is 3.54. The first-order valence-corrected chi connectivity index (χ1v) is 8.52. The van der Waals surface area contributed by atoms with E-state index in [0.29, 0.717) is 10.2 Å². The quantitative estimate of drug-likeness (QED) is 0.668. The first-order valence-electron chi connectivity index (χ1n) is 7.72. The third-order valence-corrected chi connectivity index (χ3v) is 4.16.